The molecular weight excluding hydrogens is 438 g/mol. The maximum atomic E-state index is 14.0. The predicted molar refractivity (Wildman–Crippen MR) is 114 cm³/mol. The minimum absolute atomic E-state index is 0.125. The fraction of sp³-hybridized carbons (Fsp3) is 0.120. The van der Waals surface area contributed by atoms with Crippen molar-refractivity contribution < 1.29 is 32.3 Å². The molecule has 8 heteroatoms. The van der Waals surface area contributed by atoms with Crippen molar-refractivity contribution in [2.75, 3.05) is 4.90 Å². The number of carbonyl (C=O) groups is 2. The second kappa shape index (κ2) is 8.20. The Morgan fingerprint density at radius 3 is 2.24 bits per heavy atom. The van der Waals surface area contributed by atoms with Gasteiger partial charge in [0.25, 0.3) is 11.7 Å². The fourth-order valence-corrected chi connectivity index (χ4v) is 3.79. The van der Waals surface area contributed by atoms with E-state index in [0.29, 0.717) is 0 Å². The van der Waals surface area contributed by atoms with Crippen LogP contribution in [-0.4, -0.2) is 16.8 Å². The standard InChI is InChI=1S/C25H17F4NO3/c1-14-8-10-15(11-9-14)22(31)20-21(16-4-2-6-18(26)12-16)30(24(33)23(20)32)19-7-3-5-17(13-19)25(27,28)29/h2-13,21,31H,1H3/b22-20+/t21-/m1/s1. The first-order valence-electron chi connectivity index (χ1n) is 9.88. The van der Waals surface area contributed by atoms with Crippen molar-refractivity contribution in [1.29, 1.82) is 0 Å². The highest BCUT2D eigenvalue weighted by Gasteiger charge is 2.47. The monoisotopic (exact) mass is 455 g/mol. The van der Waals surface area contributed by atoms with E-state index in [1.54, 1.807) is 24.3 Å². The summed E-state index contributed by atoms with van der Waals surface area (Å²) in [5.74, 6) is -3.38. The van der Waals surface area contributed by atoms with Crippen LogP contribution in [0.2, 0.25) is 0 Å². The summed E-state index contributed by atoms with van der Waals surface area (Å²) in [6, 6.07) is 14.1. The van der Waals surface area contributed by atoms with E-state index in [9.17, 15) is 32.3 Å². The van der Waals surface area contributed by atoms with Crippen molar-refractivity contribution >= 4 is 23.1 Å². The first-order valence-corrected chi connectivity index (χ1v) is 9.88. The van der Waals surface area contributed by atoms with Gasteiger partial charge < -0.3 is 5.11 Å². The maximum Gasteiger partial charge on any atom is 0.416 e. The van der Waals surface area contributed by atoms with Crippen LogP contribution in [0.4, 0.5) is 23.2 Å². The summed E-state index contributed by atoms with van der Waals surface area (Å²) in [6.45, 7) is 1.82. The average Bonchev–Trinajstić information content (AvgIpc) is 3.04. The smallest absolute Gasteiger partial charge is 0.416 e. The van der Waals surface area contributed by atoms with Gasteiger partial charge in [0.15, 0.2) is 0 Å². The van der Waals surface area contributed by atoms with Crippen LogP contribution in [0.5, 0.6) is 0 Å². The van der Waals surface area contributed by atoms with Gasteiger partial charge in [-0.25, -0.2) is 4.39 Å². The van der Waals surface area contributed by atoms with Gasteiger partial charge in [-0.2, -0.15) is 13.2 Å². The van der Waals surface area contributed by atoms with Gasteiger partial charge in [-0.15, -0.1) is 0 Å². The lowest BCUT2D eigenvalue weighted by Crippen LogP contribution is -2.29. The van der Waals surface area contributed by atoms with Crippen LogP contribution in [0.1, 0.15) is 28.3 Å². The number of aliphatic hydroxyl groups is 1. The second-order valence-corrected chi connectivity index (χ2v) is 7.64. The molecule has 3 aromatic rings. The number of hydrogen-bond donors (Lipinski definition) is 1. The average molecular weight is 455 g/mol. The maximum absolute atomic E-state index is 14.0. The molecular formula is C25H17F4NO3. The Hall–Kier alpha value is -3.94. The van der Waals surface area contributed by atoms with Crippen LogP contribution in [-0.2, 0) is 15.8 Å². The molecule has 0 spiro atoms. The summed E-state index contributed by atoms with van der Waals surface area (Å²) in [7, 11) is 0. The molecule has 0 radical (unpaired) electrons. The minimum Gasteiger partial charge on any atom is -0.507 e. The van der Waals surface area contributed by atoms with Crippen molar-refractivity contribution in [2.45, 2.75) is 19.1 Å². The number of ketones is 1. The van der Waals surface area contributed by atoms with Crippen LogP contribution in [0, 0.1) is 12.7 Å². The van der Waals surface area contributed by atoms with E-state index in [4.69, 9.17) is 0 Å². The number of anilines is 1. The molecule has 4 rings (SSSR count). The lowest BCUT2D eigenvalue weighted by Gasteiger charge is -2.26. The number of aryl methyl sites for hydroxylation is 1. The van der Waals surface area contributed by atoms with Gasteiger partial charge in [0.1, 0.15) is 11.6 Å². The number of carbonyl (C=O) groups excluding carboxylic acids is 2. The third kappa shape index (κ3) is 4.11. The number of halogens is 4. The van der Waals surface area contributed by atoms with Crippen molar-refractivity contribution in [2.24, 2.45) is 0 Å². The molecule has 1 aliphatic rings. The number of Topliss-reactive ketones (excluding diaryl/α,β-unsaturated/α-hetero) is 1. The number of hydrogen-bond acceptors (Lipinski definition) is 3. The summed E-state index contributed by atoms with van der Waals surface area (Å²) in [5.41, 5.74) is -0.309. The fourth-order valence-electron chi connectivity index (χ4n) is 3.79. The SMILES string of the molecule is Cc1ccc(/C(O)=C2\C(=O)C(=O)N(c3cccc(C(F)(F)F)c3)[C@@H]2c2cccc(F)c2)cc1. The van der Waals surface area contributed by atoms with Gasteiger partial charge >= 0.3 is 6.18 Å². The summed E-state index contributed by atoms with van der Waals surface area (Å²) in [4.78, 5) is 26.8. The van der Waals surface area contributed by atoms with Gasteiger partial charge in [0.05, 0.1) is 17.2 Å². The van der Waals surface area contributed by atoms with E-state index in [-0.39, 0.29) is 22.4 Å². The molecule has 1 saturated heterocycles. The molecule has 0 bridgehead atoms. The minimum atomic E-state index is -4.68. The third-order valence-electron chi connectivity index (χ3n) is 5.39. The zero-order chi connectivity index (χ0) is 23.9. The first-order chi connectivity index (χ1) is 15.6. The first kappa shape index (κ1) is 22.3. The molecule has 1 amide bonds. The van der Waals surface area contributed by atoms with Crippen LogP contribution in [0.25, 0.3) is 5.76 Å². The quantitative estimate of drug-likeness (QED) is 0.236. The number of nitrogens with zero attached hydrogens (tertiary/aromatic N) is 1. The predicted octanol–water partition coefficient (Wildman–Crippen LogP) is 5.78. The van der Waals surface area contributed by atoms with E-state index in [0.717, 1.165) is 40.8 Å². The Morgan fingerprint density at radius 1 is 0.939 bits per heavy atom. The molecule has 0 unspecified atom stereocenters. The van der Waals surface area contributed by atoms with E-state index in [2.05, 4.69) is 0 Å². The van der Waals surface area contributed by atoms with E-state index in [1.807, 2.05) is 6.92 Å². The molecule has 1 atom stereocenters. The van der Waals surface area contributed by atoms with Crippen molar-refractivity contribution in [3.05, 3.63) is 106 Å². The Balaban J connectivity index is 1.95. The topological polar surface area (TPSA) is 57.6 Å². The van der Waals surface area contributed by atoms with Crippen LogP contribution < -0.4 is 4.90 Å². The highest BCUT2D eigenvalue weighted by atomic mass is 19.4. The van der Waals surface area contributed by atoms with Gasteiger partial charge in [-0.3, -0.25) is 14.5 Å². The molecule has 4 nitrogen and oxygen atoms in total. The Morgan fingerprint density at radius 2 is 1.61 bits per heavy atom. The second-order valence-electron chi connectivity index (χ2n) is 7.64. The van der Waals surface area contributed by atoms with Gasteiger partial charge in [-0.05, 0) is 42.8 Å². The highest BCUT2D eigenvalue weighted by Crippen LogP contribution is 2.43. The largest absolute Gasteiger partial charge is 0.507 e. The molecule has 0 aromatic heterocycles. The van der Waals surface area contributed by atoms with E-state index in [1.165, 1.54) is 18.2 Å². The normalized spacial score (nSPS) is 18.1. The molecule has 1 heterocycles. The number of rotatable bonds is 3. The number of benzene rings is 3. The number of aliphatic hydroxyl groups excluding tert-OH is 1. The number of amides is 1. The lowest BCUT2D eigenvalue weighted by atomic mass is 9.94. The molecule has 1 fully saturated rings. The summed E-state index contributed by atoms with van der Waals surface area (Å²) in [6.07, 6.45) is -4.68. The van der Waals surface area contributed by atoms with Crippen LogP contribution in [0.15, 0.2) is 78.4 Å². The Labute approximate surface area is 186 Å². The van der Waals surface area contributed by atoms with Gasteiger partial charge in [-0.1, -0.05) is 48.0 Å². The summed E-state index contributed by atoms with van der Waals surface area (Å²) in [5, 5.41) is 11.0. The van der Waals surface area contributed by atoms with Crippen molar-refractivity contribution in [3.8, 4) is 0 Å². The molecule has 1 N–H and O–H groups in total. The zero-order valence-electron chi connectivity index (χ0n) is 17.2. The molecule has 3 aromatic carbocycles. The molecule has 168 valence electrons. The molecule has 0 aliphatic carbocycles. The summed E-state index contributed by atoms with van der Waals surface area (Å²) < 4.78 is 53.9. The lowest BCUT2D eigenvalue weighted by molar-refractivity contribution is -0.137. The molecule has 0 saturated carbocycles. The van der Waals surface area contributed by atoms with E-state index >= 15 is 0 Å². The van der Waals surface area contributed by atoms with Crippen molar-refractivity contribution in [1.82, 2.24) is 0 Å². The summed E-state index contributed by atoms with van der Waals surface area (Å²) >= 11 is 0. The van der Waals surface area contributed by atoms with Crippen LogP contribution in [0.3, 0.4) is 0 Å². The van der Waals surface area contributed by atoms with Crippen LogP contribution >= 0.6 is 0 Å². The molecule has 1 aliphatic heterocycles. The highest BCUT2D eigenvalue weighted by molar-refractivity contribution is 6.51. The third-order valence-corrected chi connectivity index (χ3v) is 5.39. The molecule has 33 heavy (non-hydrogen) atoms. The van der Waals surface area contributed by atoms with E-state index < -0.39 is 41.0 Å². The Kier molecular flexibility index (Phi) is 5.53. The Bertz CT molecular complexity index is 1280. The number of alkyl halides is 3. The van der Waals surface area contributed by atoms with Gasteiger partial charge in [0, 0.05) is 11.3 Å². The van der Waals surface area contributed by atoms with Crippen molar-refractivity contribution in [3.63, 3.8) is 0 Å². The van der Waals surface area contributed by atoms with Gasteiger partial charge in [0.2, 0.25) is 0 Å². The zero-order valence-corrected chi connectivity index (χ0v) is 17.2.